The Balaban J connectivity index is 1.56. The Morgan fingerprint density at radius 1 is 1.21 bits per heavy atom. The van der Waals surface area contributed by atoms with Crippen molar-refractivity contribution in [3.05, 3.63) is 59.9 Å². The quantitative estimate of drug-likeness (QED) is 0.916. The third kappa shape index (κ3) is 4.11. The van der Waals surface area contributed by atoms with E-state index in [9.17, 15) is 9.18 Å². The second-order valence-electron chi connectivity index (χ2n) is 5.99. The van der Waals surface area contributed by atoms with Crippen molar-refractivity contribution in [2.75, 3.05) is 30.4 Å². The van der Waals surface area contributed by atoms with Crippen LogP contribution in [0.25, 0.3) is 0 Å². The summed E-state index contributed by atoms with van der Waals surface area (Å²) >= 11 is 0. The average Bonchev–Trinajstić information content (AvgIpc) is 3.07. The van der Waals surface area contributed by atoms with E-state index in [2.05, 4.69) is 10.2 Å². The number of amides is 1. The zero-order chi connectivity index (χ0) is 16.9. The Morgan fingerprint density at radius 3 is 2.54 bits per heavy atom. The van der Waals surface area contributed by atoms with Crippen molar-refractivity contribution in [2.45, 2.75) is 18.9 Å². The Kier molecular flexibility index (Phi) is 5.11. The number of benzene rings is 2. The number of carbonyl (C=O) groups is 1. The second kappa shape index (κ2) is 7.45. The summed E-state index contributed by atoms with van der Waals surface area (Å²) in [7, 11) is 1.74. The van der Waals surface area contributed by atoms with E-state index >= 15 is 0 Å². The number of methoxy groups -OCH3 is 1. The van der Waals surface area contributed by atoms with E-state index in [-0.39, 0.29) is 18.1 Å². The molecule has 5 heteroatoms. The number of nitrogens with one attached hydrogen (secondary N) is 1. The monoisotopic (exact) mass is 328 g/mol. The molecular formula is C19H21FN2O2. The maximum atomic E-state index is 12.9. The maximum absolute atomic E-state index is 12.9. The number of hydrogen-bond donors (Lipinski definition) is 1. The third-order valence-corrected chi connectivity index (χ3v) is 4.27. The van der Waals surface area contributed by atoms with Gasteiger partial charge in [0.25, 0.3) is 0 Å². The molecule has 1 fully saturated rings. The summed E-state index contributed by atoms with van der Waals surface area (Å²) in [6.07, 6.45) is 1.55. The number of nitrogens with zero attached hydrogens (tertiary/aromatic N) is 1. The van der Waals surface area contributed by atoms with Crippen molar-refractivity contribution >= 4 is 17.3 Å². The molecule has 1 aliphatic rings. The molecule has 0 aliphatic carbocycles. The van der Waals surface area contributed by atoms with E-state index in [1.165, 1.54) is 12.1 Å². The Bertz CT molecular complexity index is 686. The van der Waals surface area contributed by atoms with Crippen LogP contribution in [-0.4, -0.2) is 32.2 Å². The molecule has 1 saturated heterocycles. The van der Waals surface area contributed by atoms with Gasteiger partial charge in [0.15, 0.2) is 0 Å². The second-order valence-corrected chi connectivity index (χ2v) is 5.99. The number of rotatable bonds is 5. The molecule has 126 valence electrons. The topological polar surface area (TPSA) is 41.6 Å². The normalized spacial score (nSPS) is 17.1. The number of anilines is 2. The van der Waals surface area contributed by atoms with Gasteiger partial charge in [-0.2, -0.15) is 0 Å². The summed E-state index contributed by atoms with van der Waals surface area (Å²) in [4.78, 5) is 14.3. The Labute approximate surface area is 141 Å². The lowest BCUT2D eigenvalue weighted by atomic mass is 10.1. The highest BCUT2D eigenvalue weighted by Crippen LogP contribution is 2.23. The highest BCUT2D eigenvalue weighted by molar-refractivity contribution is 5.92. The predicted molar refractivity (Wildman–Crippen MR) is 92.8 cm³/mol. The van der Waals surface area contributed by atoms with Crippen LogP contribution in [0.4, 0.5) is 15.8 Å². The summed E-state index contributed by atoms with van der Waals surface area (Å²) in [6.45, 7) is 1.88. The molecule has 0 saturated carbocycles. The van der Waals surface area contributed by atoms with E-state index in [4.69, 9.17) is 4.74 Å². The van der Waals surface area contributed by atoms with Crippen molar-refractivity contribution in [2.24, 2.45) is 0 Å². The zero-order valence-corrected chi connectivity index (χ0v) is 13.7. The van der Waals surface area contributed by atoms with E-state index in [1.807, 2.05) is 24.3 Å². The molecule has 0 aromatic heterocycles. The smallest absolute Gasteiger partial charge is 0.228 e. The van der Waals surface area contributed by atoms with Crippen molar-refractivity contribution < 1.29 is 13.9 Å². The molecule has 1 atom stereocenters. The van der Waals surface area contributed by atoms with Crippen LogP contribution in [0.3, 0.4) is 0 Å². The fraction of sp³-hybridized carbons (Fsp3) is 0.316. The van der Waals surface area contributed by atoms with Gasteiger partial charge in [0.2, 0.25) is 5.91 Å². The first-order valence-corrected chi connectivity index (χ1v) is 8.06. The lowest BCUT2D eigenvalue weighted by molar-refractivity contribution is -0.115. The minimum Gasteiger partial charge on any atom is -0.380 e. The summed E-state index contributed by atoms with van der Waals surface area (Å²) in [6, 6.07) is 13.8. The molecule has 0 spiro atoms. The van der Waals surface area contributed by atoms with Crippen LogP contribution < -0.4 is 10.2 Å². The minimum atomic E-state index is -0.299. The van der Waals surface area contributed by atoms with Crippen LogP contribution in [0.5, 0.6) is 0 Å². The molecule has 0 unspecified atom stereocenters. The number of carbonyl (C=O) groups excluding carboxylic acids is 1. The molecule has 24 heavy (non-hydrogen) atoms. The first kappa shape index (κ1) is 16.5. The molecule has 4 nitrogen and oxygen atoms in total. The van der Waals surface area contributed by atoms with Crippen LogP contribution in [0.2, 0.25) is 0 Å². The van der Waals surface area contributed by atoms with Crippen LogP contribution >= 0.6 is 0 Å². The largest absolute Gasteiger partial charge is 0.380 e. The standard InChI is InChI=1S/C19H21FN2O2/c1-24-18-10-11-22(13-18)17-8-6-16(7-9-17)21-19(23)12-14-2-4-15(20)5-3-14/h2-9,18H,10-13H2,1H3,(H,21,23)/t18-/m1/s1. The number of halogens is 1. The van der Waals surface area contributed by atoms with Crippen LogP contribution in [0.15, 0.2) is 48.5 Å². The molecule has 1 heterocycles. The third-order valence-electron chi connectivity index (χ3n) is 4.27. The number of ether oxygens (including phenoxy) is 1. The fourth-order valence-corrected chi connectivity index (χ4v) is 2.90. The van der Waals surface area contributed by atoms with Gasteiger partial charge in [0, 0.05) is 31.6 Å². The molecule has 2 aromatic carbocycles. The fourth-order valence-electron chi connectivity index (χ4n) is 2.90. The predicted octanol–water partition coefficient (Wildman–Crippen LogP) is 3.23. The van der Waals surface area contributed by atoms with Crippen molar-refractivity contribution in [3.63, 3.8) is 0 Å². The summed E-state index contributed by atoms with van der Waals surface area (Å²) in [5.41, 5.74) is 2.67. The highest BCUT2D eigenvalue weighted by Gasteiger charge is 2.22. The Morgan fingerprint density at radius 2 is 1.92 bits per heavy atom. The van der Waals surface area contributed by atoms with Crippen LogP contribution in [-0.2, 0) is 16.0 Å². The van der Waals surface area contributed by atoms with Gasteiger partial charge in [-0.3, -0.25) is 4.79 Å². The molecule has 2 aromatic rings. The van der Waals surface area contributed by atoms with Crippen LogP contribution in [0.1, 0.15) is 12.0 Å². The first-order valence-electron chi connectivity index (χ1n) is 8.06. The van der Waals surface area contributed by atoms with Crippen LogP contribution in [0, 0.1) is 5.82 Å². The van der Waals surface area contributed by atoms with Gasteiger partial charge < -0.3 is 15.0 Å². The lowest BCUT2D eigenvalue weighted by Crippen LogP contribution is -2.22. The van der Waals surface area contributed by atoms with E-state index < -0.39 is 0 Å². The average molecular weight is 328 g/mol. The van der Waals surface area contributed by atoms with Gasteiger partial charge in [-0.25, -0.2) is 4.39 Å². The lowest BCUT2D eigenvalue weighted by Gasteiger charge is -2.18. The van der Waals surface area contributed by atoms with Gasteiger partial charge >= 0.3 is 0 Å². The van der Waals surface area contributed by atoms with Gasteiger partial charge in [0.1, 0.15) is 5.82 Å². The van der Waals surface area contributed by atoms with Gasteiger partial charge in [-0.1, -0.05) is 12.1 Å². The van der Waals surface area contributed by atoms with Gasteiger partial charge in [0.05, 0.1) is 12.5 Å². The molecule has 3 rings (SSSR count). The molecule has 1 amide bonds. The molecular weight excluding hydrogens is 307 g/mol. The number of hydrogen-bond acceptors (Lipinski definition) is 3. The molecule has 0 bridgehead atoms. The van der Waals surface area contributed by atoms with Gasteiger partial charge in [-0.05, 0) is 48.4 Å². The van der Waals surface area contributed by atoms with Gasteiger partial charge in [-0.15, -0.1) is 0 Å². The summed E-state index contributed by atoms with van der Waals surface area (Å²) in [5.74, 6) is -0.414. The molecule has 1 aliphatic heterocycles. The Hall–Kier alpha value is -2.40. The van der Waals surface area contributed by atoms with Crippen molar-refractivity contribution in [1.29, 1.82) is 0 Å². The first-order chi connectivity index (χ1) is 11.6. The SMILES string of the molecule is CO[C@@H]1CCN(c2ccc(NC(=O)Cc3ccc(F)cc3)cc2)C1. The van der Waals surface area contributed by atoms with Crippen molar-refractivity contribution in [3.8, 4) is 0 Å². The van der Waals surface area contributed by atoms with E-state index in [1.54, 1.807) is 19.2 Å². The van der Waals surface area contributed by atoms with Crippen molar-refractivity contribution in [1.82, 2.24) is 0 Å². The summed E-state index contributed by atoms with van der Waals surface area (Å²) in [5, 5.41) is 2.87. The minimum absolute atomic E-state index is 0.116. The maximum Gasteiger partial charge on any atom is 0.228 e. The molecule has 0 radical (unpaired) electrons. The zero-order valence-electron chi connectivity index (χ0n) is 13.7. The van der Waals surface area contributed by atoms with E-state index in [0.717, 1.165) is 36.4 Å². The summed E-state index contributed by atoms with van der Waals surface area (Å²) < 4.78 is 18.3. The molecule has 1 N–H and O–H groups in total. The highest BCUT2D eigenvalue weighted by atomic mass is 19.1. The van der Waals surface area contributed by atoms with E-state index in [0.29, 0.717) is 6.10 Å².